The third-order valence-electron chi connectivity index (χ3n) is 4.37. The van der Waals surface area contributed by atoms with Gasteiger partial charge < -0.3 is 5.21 Å². The molecule has 0 radical (unpaired) electrons. The van der Waals surface area contributed by atoms with Gasteiger partial charge in [0.05, 0.1) is 17.9 Å². The van der Waals surface area contributed by atoms with Crippen molar-refractivity contribution in [3.8, 4) is 5.69 Å². The van der Waals surface area contributed by atoms with E-state index < -0.39 is 0 Å². The molecule has 0 bridgehead atoms. The molecule has 0 fully saturated rings. The summed E-state index contributed by atoms with van der Waals surface area (Å²) >= 11 is 3.57. The van der Waals surface area contributed by atoms with Crippen molar-refractivity contribution in [3.63, 3.8) is 0 Å². The summed E-state index contributed by atoms with van der Waals surface area (Å²) in [5.74, 6) is 1.46. The summed E-state index contributed by atoms with van der Waals surface area (Å²) in [6.07, 6.45) is 0. The first-order chi connectivity index (χ1) is 12.7. The van der Waals surface area contributed by atoms with Crippen LogP contribution in [0.2, 0.25) is 0 Å². The zero-order valence-corrected chi connectivity index (χ0v) is 15.9. The highest BCUT2D eigenvalue weighted by Crippen LogP contribution is 2.28. The Balaban J connectivity index is 1.90. The first kappa shape index (κ1) is 17.1. The molecule has 132 valence electrons. The fourth-order valence-electron chi connectivity index (χ4n) is 3.08. The second kappa shape index (κ2) is 7.11. The van der Waals surface area contributed by atoms with Crippen molar-refractivity contribution < 1.29 is 5.21 Å². The largest absolute Gasteiger partial charge is 0.314 e. The lowest BCUT2D eigenvalue weighted by molar-refractivity contribution is -0.0967. The second-order valence-electron chi connectivity index (χ2n) is 6.04. The average Bonchev–Trinajstić information content (AvgIpc) is 2.97. The van der Waals surface area contributed by atoms with Crippen LogP contribution in [0.5, 0.6) is 0 Å². The molecule has 0 saturated heterocycles. The molecule has 0 spiro atoms. The number of hydrogen-bond acceptors (Lipinski definition) is 5. The van der Waals surface area contributed by atoms with Crippen molar-refractivity contribution in [1.29, 1.82) is 0 Å². The molecule has 1 aliphatic rings. The van der Waals surface area contributed by atoms with Crippen LogP contribution in [0.1, 0.15) is 29.7 Å². The number of nitrogens with zero attached hydrogens (tertiary/aromatic N) is 5. The molecule has 4 rings (SSSR count). The predicted molar refractivity (Wildman–Crippen MR) is 103 cm³/mol. The van der Waals surface area contributed by atoms with Crippen LogP contribution in [-0.2, 0) is 13.1 Å². The molecule has 0 unspecified atom stereocenters. The zero-order valence-electron chi connectivity index (χ0n) is 14.3. The van der Waals surface area contributed by atoms with E-state index in [9.17, 15) is 5.21 Å². The van der Waals surface area contributed by atoms with Gasteiger partial charge in [0, 0.05) is 22.1 Å². The summed E-state index contributed by atoms with van der Waals surface area (Å²) in [7, 11) is 0. The van der Waals surface area contributed by atoms with Gasteiger partial charge in [0.15, 0.2) is 11.6 Å². The summed E-state index contributed by atoms with van der Waals surface area (Å²) in [4.78, 5) is 4.83. The topological polar surface area (TPSA) is 66.5 Å². The van der Waals surface area contributed by atoms with E-state index in [0.29, 0.717) is 25.5 Å². The Bertz CT molecular complexity index is 967. The minimum Gasteiger partial charge on any atom is -0.314 e. The Morgan fingerprint density at radius 2 is 1.96 bits per heavy atom. The molecule has 0 atom stereocenters. The quantitative estimate of drug-likeness (QED) is 0.666. The second-order valence-corrected chi connectivity index (χ2v) is 6.96. The van der Waals surface area contributed by atoms with Crippen LogP contribution in [0.4, 0.5) is 0 Å². The highest BCUT2D eigenvalue weighted by molar-refractivity contribution is 9.10. The van der Waals surface area contributed by atoms with Gasteiger partial charge in [-0.3, -0.25) is 9.56 Å². The number of hydrogen-bond donors (Lipinski definition) is 1. The average molecular weight is 412 g/mol. The lowest BCUT2D eigenvalue weighted by Crippen LogP contribution is -2.21. The number of hydroxylamine groups is 2. The molecule has 1 N–H and O–H groups in total. The van der Waals surface area contributed by atoms with Crippen LogP contribution in [0.3, 0.4) is 0 Å². The highest BCUT2D eigenvalue weighted by Gasteiger charge is 2.23. The third kappa shape index (κ3) is 3.09. The molecular weight excluding hydrogens is 394 g/mol. The van der Waals surface area contributed by atoms with E-state index in [4.69, 9.17) is 4.99 Å². The molecule has 0 aliphatic carbocycles. The van der Waals surface area contributed by atoms with Crippen LogP contribution in [0.25, 0.3) is 5.69 Å². The van der Waals surface area contributed by atoms with Gasteiger partial charge in [0.1, 0.15) is 6.54 Å². The molecule has 0 amide bonds. The molecule has 2 aromatic carbocycles. The fourth-order valence-corrected chi connectivity index (χ4v) is 3.44. The molecule has 1 aromatic heterocycles. The van der Waals surface area contributed by atoms with Gasteiger partial charge in [-0.1, -0.05) is 53.2 Å². The lowest BCUT2D eigenvalue weighted by Gasteiger charge is -2.16. The summed E-state index contributed by atoms with van der Waals surface area (Å²) in [6, 6.07) is 16.2. The van der Waals surface area contributed by atoms with Crippen LogP contribution >= 0.6 is 15.9 Å². The lowest BCUT2D eigenvalue weighted by atomic mass is 10.0. The number of fused-ring (bicyclic) bond motifs is 3. The van der Waals surface area contributed by atoms with Crippen molar-refractivity contribution >= 4 is 21.6 Å². The van der Waals surface area contributed by atoms with Crippen LogP contribution < -0.4 is 0 Å². The summed E-state index contributed by atoms with van der Waals surface area (Å²) in [6.45, 7) is 3.14. The normalized spacial score (nSPS) is 13.2. The van der Waals surface area contributed by atoms with Gasteiger partial charge >= 0.3 is 0 Å². The van der Waals surface area contributed by atoms with E-state index in [1.807, 2.05) is 41.8 Å². The number of aliphatic imine (C=N–C) groups is 1. The summed E-state index contributed by atoms with van der Waals surface area (Å²) < 4.78 is 2.98. The molecule has 2 heterocycles. The van der Waals surface area contributed by atoms with Crippen molar-refractivity contribution in [2.24, 2.45) is 4.99 Å². The van der Waals surface area contributed by atoms with Gasteiger partial charge in [-0.2, -0.15) is 5.06 Å². The van der Waals surface area contributed by atoms with Crippen molar-refractivity contribution in [3.05, 3.63) is 75.8 Å². The molecule has 26 heavy (non-hydrogen) atoms. The van der Waals surface area contributed by atoms with E-state index in [-0.39, 0.29) is 0 Å². The van der Waals surface area contributed by atoms with E-state index in [1.165, 1.54) is 5.06 Å². The van der Waals surface area contributed by atoms with Gasteiger partial charge in [-0.05, 0) is 18.2 Å². The molecule has 1 aliphatic heterocycles. The molecule has 7 heteroatoms. The monoisotopic (exact) mass is 411 g/mol. The Morgan fingerprint density at radius 3 is 2.73 bits per heavy atom. The van der Waals surface area contributed by atoms with E-state index >= 15 is 0 Å². The van der Waals surface area contributed by atoms with Crippen molar-refractivity contribution in [2.75, 3.05) is 6.54 Å². The van der Waals surface area contributed by atoms with Gasteiger partial charge in [-0.25, -0.2) is 0 Å². The SMILES string of the molecule is CCN(O)Cc1nnc2n1-c1ccc(Br)cc1C(c1ccccc1)=NC2. The van der Waals surface area contributed by atoms with E-state index in [0.717, 1.165) is 32.8 Å². The maximum absolute atomic E-state index is 9.94. The van der Waals surface area contributed by atoms with Crippen molar-refractivity contribution in [1.82, 2.24) is 19.8 Å². The van der Waals surface area contributed by atoms with Crippen molar-refractivity contribution in [2.45, 2.75) is 20.0 Å². The standard InChI is InChI=1S/C19H18BrN5O/c1-2-24(26)12-18-23-22-17-11-21-19(13-6-4-3-5-7-13)15-10-14(20)8-9-16(15)25(17)18/h3-10,26H,2,11-12H2,1H3. The smallest absolute Gasteiger partial charge is 0.159 e. The zero-order chi connectivity index (χ0) is 18.1. The summed E-state index contributed by atoms with van der Waals surface area (Å²) in [5, 5.41) is 19.7. The Kier molecular flexibility index (Phi) is 4.67. The Labute approximate surface area is 159 Å². The number of aromatic nitrogens is 3. The van der Waals surface area contributed by atoms with E-state index in [2.05, 4.69) is 44.3 Å². The van der Waals surface area contributed by atoms with Crippen LogP contribution in [0, 0.1) is 0 Å². The number of benzene rings is 2. The molecule has 6 nitrogen and oxygen atoms in total. The maximum atomic E-state index is 9.94. The first-order valence-corrected chi connectivity index (χ1v) is 9.24. The first-order valence-electron chi connectivity index (χ1n) is 8.44. The number of halogens is 1. The van der Waals surface area contributed by atoms with Gasteiger partial charge in [0.25, 0.3) is 0 Å². The van der Waals surface area contributed by atoms with Gasteiger partial charge in [0.2, 0.25) is 0 Å². The molecule has 0 saturated carbocycles. The third-order valence-corrected chi connectivity index (χ3v) is 4.86. The Morgan fingerprint density at radius 1 is 1.15 bits per heavy atom. The van der Waals surface area contributed by atoms with E-state index in [1.54, 1.807) is 0 Å². The predicted octanol–water partition coefficient (Wildman–Crippen LogP) is 3.59. The number of rotatable bonds is 4. The summed E-state index contributed by atoms with van der Waals surface area (Å²) in [5.41, 5.74) is 3.96. The van der Waals surface area contributed by atoms with Gasteiger partial charge in [-0.15, -0.1) is 10.2 Å². The highest BCUT2D eigenvalue weighted by atomic mass is 79.9. The molecule has 3 aromatic rings. The maximum Gasteiger partial charge on any atom is 0.159 e. The van der Waals surface area contributed by atoms with Crippen LogP contribution in [0.15, 0.2) is 58.0 Å². The Hall–Kier alpha value is -2.35. The minimum atomic E-state index is 0.305. The molecular formula is C19H18BrN5O. The fraction of sp³-hybridized carbons (Fsp3) is 0.211. The van der Waals surface area contributed by atoms with Crippen LogP contribution in [-0.4, -0.2) is 37.3 Å². The minimum absolute atomic E-state index is 0.305.